The van der Waals surface area contributed by atoms with E-state index in [-0.39, 0.29) is 5.91 Å². The van der Waals surface area contributed by atoms with E-state index in [9.17, 15) is 4.79 Å². The van der Waals surface area contributed by atoms with Crippen LogP contribution in [-0.4, -0.2) is 20.4 Å². The van der Waals surface area contributed by atoms with Crippen LogP contribution in [0.25, 0.3) is 5.82 Å². The van der Waals surface area contributed by atoms with E-state index >= 15 is 0 Å². The van der Waals surface area contributed by atoms with Crippen molar-refractivity contribution in [2.45, 2.75) is 6.92 Å². The molecule has 3 rings (SSSR count). The number of carbonyl (C=O) groups is 1. The van der Waals surface area contributed by atoms with E-state index in [1.807, 2.05) is 31.2 Å². The summed E-state index contributed by atoms with van der Waals surface area (Å²) in [5, 5.41) is 2.85. The number of aryl methyl sites for hydroxylation is 1. The molecule has 0 unspecified atom stereocenters. The molecule has 1 amide bonds. The maximum Gasteiger partial charge on any atom is 0.274 e. The van der Waals surface area contributed by atoms with Gasteiger partial charge < -0.3 is 5.32 Å². The summed E-state index contributed by atoms with van der Waals surface area (Å²) in [6.07, 6.45) is 5.09. The van der Waals surface area contributed by atoms with Gasteiger partial charge in [-0.3, -0.25) is 9.36 Å². The highest BCUT2D eigenvalue weighted by atomic mass is 79.9. The minimum atomic E-state index is -0.247. The van der Waals surface area contributed by atoms with Crippen LogP contribution in [0.2, 0.25) is 0 Å². The van der Waals surface area contributed by atoms with E-state index in [4.69, 9.17) is 0 Å². The summed E-state index contributed by atoms with van der Waals surface area (Å²) in [7, 11) is 0. The van der Waals surface area contributed by atoms with E-state index in [1.54, 1.807) is 35.4 Å². The highest BCUT2D eigenvalue weighted by molar-refractivity contribution is 9.10. The smallest absolute Gasteiger partial charge is 0.274 e. The quantitative estimate of drug-likeness (QED) is 0.779. The van der Waals surface area contributed by atoms with Crippen molar-refractivity contribution in [3.8, 4) is 5.82 Å². The number of pyridine rings is 1. The lowest BCUT2D eigenvalue weighted by Gasteiger charge is -2.08. The molecule has 0 aliphatic rings. The van der Waals surface area contributed by atoms with Crippen molar-refractivity contribution < 1.29 is 4.79 Å². The van der Waals surface area contributed by atoms with E-state index in [0.29, 0.717) is 11.5 Å². The molecule has 0 radical (unpaired) electrons. The van der Waals surface area contributed by atoms with Gasteiger partial charge in [0.1, 0.15) is 17.8 Å². The summed E-state index contributed by atoms with van der Waals surface area (Å²) in [6, 6.07) is 10.9. The second-order valence-corrected chi connectivity index (χ2v) is 5.62. The molecule has 1 N–H and O–H groups in total. The minimum absolute atomic E-state index is 0.247. The molecule has 0 spiro atoms. The first kappa shape index (κ1) is 14.5. The second-order valence-electron chi connectivity index (χ2n) is 4.77. The molecule has 22 heavy (non-hydrogen) atoms. The first-order valence-electron chi connectivity index (χ1n) is 6.66. The van der Waals surface area contributed by atoms with E-state index in [1.165, 1.54) is 0 Å². The van der Waals surface area contributed by atoms with Gasteiger partial charge in [0, 0.05) is 22.6 Å². The van der Waals surface area contributed by atoms with Gasteiger partial charge in [0.15, 0.2) is 0 Å². The Morgan fingerprint density at radius 3 is 2.86 bits per heavy atom. The topological polar surface area (TPSA) is 59.8 Å². The number of rotatable bonds is 3. The van der Waals surface area contributed by atoms with Crippen LogP contribution in [-0.2, 0) is 0 Å². The Bertz CT molecular complexity index is 815. The van der Waals surface area contributed by atoms with Crippen molar-refractivity contribution >= 4 is 27.5 Å². The summed E-state index contributed by atoms with van der Waals surface area (Å²) >= 11 is 3.44. The van der Waals surface area contributed by atoms with Crippen molar-refractivity contribution in [3.63, 3.8) is 0 Å². The summed E-state index contributed by atoms with van der Waals surface area (Å²) in [6.45, 7) is 1.97. The Morgan fingerprint density at radius 2 is 2.14 bits per heavy atom. The molecule has 110 valence electrons. The van der Waals surface area contributed by atoms with Crippen LogP contribution in [0.15, 0.2) is 59.6 Å². The van der Waals surface area contributed by atoms with Crippen LogP contribution in [0.5, 0.6) is 0 Å². The average Bonchev–Trinajstić information content (AvgIpc) is 3.05. The number of nitrogens with zero attached hydrogens (tertiary/aromatic N) is 3. The maximum atomic E-state index is 12.3. The van der Waals surface area contributed by atoms with Crippen molar-refractivity contribution in [1.29, 1.82) is 0 Å². The number of halogens is 1. The summed E-state index contributed by atoms with van der Waals surface area (Å²) in [5.41, 5.74) is 2.14. The third-order valence-electron chi connectivity index (χ3n) is 3.15. The predicted octanol–water partition coefficient (Wildman–Crippen LogP) is 3.59. The number of imidazole rings is 1. The average molecular weight is 357 g/mol. The Morgan fingerprint density at radius 1 is 1.27 bits per heavy atom. The monoisotopic (exact) mass is 356 g/mol. The Balaban J connectivity index is 1.83. The fourth-order valence-corrected chi connectivity index (χ4v) is 2.25. The van der Waals surface area contributed by atoms with E-state index in [2.05, 4.69) is 31.2 Å². The molecule has 0 saturated carbocycles. The Labute approximate surface area is 136 Å². The number of anilines is 1. The van der Waals surface area contributed by atoms with Crippen LogP contribution >= 0.6 is 15.9 Å². The number of hydrogen-bond acceptors (Lipinski definition) is 3. The molecule has 2 heterocycles. The fourth-order valence-electron chi connectivity index (χ4n) is 2.01. The highest BCUT2D eigenvalue weighted by Crippen LogP contribution is 2.20. The lowest BCUT2D eigenvalue weighted by Crippen LogP contribution is -2.14. The number of nitrogens with one attached hydrogen (secondary N) is 1. The van der Waals surface area contributed by atoms with E-state index < -0.39 is 0 Å². The zero-order valence-corrected chi connectivity index (χ0v) is 13.4. The largest absolute Gasteiger partial charge is 0.321 e. The van der Waals surface area contributed by atoms with Crippen molar-refractivity contribution in [3.05, 3.63) is 70.8 Å². The molecular weight excluding hydrogens is 344 g/mol. The Kier molecular flexibility index (Phi) is 4.02. The zero-order chi connectivity index (χ0) is 15.5. The van der Waals surface area contributed by atoms with Gasteiger partial charge in [0.25, 0.3) is 5.91 Å². The maximum absolute atomic E-state index is 12.3. The van der Waals surface area contributed by atoms with Gasteiger partial charge in [0.05, 0.1) is 0 Å². The molecule has 0 fully saturated rings. The van der Waals surface area contributed by atoms with Gasteiger partial charge in [-0.1, -0.05) is 22.0 Å². The molecule has 0 saturated heterocycles. The first-order chi connectivity index (χ1) is 10.6. The molecular formula is C16H13BrN4O. The van der Waals surface area contributed by atoms with Gasteiger partial charge in [-0.2, -0.15) is 0 Å². The van der Waals surface area contributed by atoms with Gasteiger partial charge in [0.2, 0.25) is 0 Å². The summed E-state index contributed by atoms with van der Waals surface area (Å²) < 4.78 is 2.76. The second kappa shape index (κ2) is 6.11. The standard InChI is InChI=1S/C16H13BrN4O/c1-11-9-12(5-6-13(11)17)19-16(22)14-3-2-4-15(20-14)21-8-7-18-10-21/h2-10H,1H3,(H,19,22). The molecule has 0 atom stereocenters. The van der Waals surface area contributed by atoms with Gasteiger partial charge in [-0.15, -0.1) is 0 Å². The van der Waals surface area contributed by atoms with Crippen LogP contribution in [0, 0.1) is 6.92 Å². The van der Waals surface area contributed by atoms with Crippen LogP contribution in [0.1, 0.15) is 16.1 Å². The lowest BCUT2D eigenvalue weighted by molar-refractivity contribution is 0.102. The SMILES string of the molecule is Cc1cc(NC(=O)c2cccc(-n3ccnc3)n2)ccc1Br. The fraction of sp³-hybridized carbons (Fsp3) is 0.0625. The first-order valence-corrected chi connectivity index (χ1v) is 7.46. The summed E-state index contributed by atoms with van der Waals surface area (Å²) in [5.74, 6) is 0.404. The van der Waals surface area contributed by atoms with Crippen molar-refractivity contribution in [2.24, 2.45) is 0 Å². The third kappa shape index (κ3) is 3.07. The molecule has 2 aromatic heterocycles. The molecule has 3 aromatic rings. The van der Waals surface area contributed by atoms with Crippen LogP contribution in [0.3, 0.4) is 0 Å². The predicted molar refractivity (Wildman–Crippen MR) is 88.2 cm³/mol. The van der Waals surface area contributed by atoms with E-state index in [0.717, 1.165) is 15.7 Å². The van der Waals surface area contributed by atoms with Crippen LogP contribution in [0.4, 0.5) is 5.69 Å². The number of benzene rings is 1. The molecule has 1 aromatic carbocycles. The number of hydrogen-bond donors (Lipinski definition) is 1. The summed E-state index contributed by atoms with van der Waals surface area (Å²) in [4.78, 5) is 20.7. The van der Waals surface area contributed by atoms with Crippen LogP contribution < -0.4 is 5.32 Å². The number of carbonyl (C=O) groups excluding carboxylic acids is 1. The Hall–Kier alpha value is -2.47. The van der Waals surface area contributed by atoms with Crippen molar-refractivity contribution in [2.75, 3.05) is 5.32 Å². The van der Waals surface area contributed by atoms with Gasteiger partial charge in [-0.25, -0.2) is 9.97 Å². The zero-order valence-electron chi connectivity index (χ0n) is 11.8. The van der Waals surface area contributed by atoms with Gasteiger partial charge >= 0.3 is 0 Å². The molecule has 0 bridgehead atoms. The highest BCUT2D eigenvalue weighted by Gasteiger charge is 2.09. The van der Waals surface area contributed by atoms with Crippen molar-refractivity contribution in [1.82, 2.24) is 14.5 Å². The number of amides is 1. The lowest BCUT2D eigenvalue weighted by atomic mass is 10.2. The molecule has 5 nitrogen and oxygen atoms in total. The number of aromatic nitrogens is 3. The minimum Gasteiger partial charge on any atom is -0.321 e. The third-order valence-corrected chi connectivity index (χ3v) is 4.04. The molecule has 0 aliphatic carbocycles. The molecule has 6 heteroatoms. The van der Waals surface area contributed by atoms with Gasteiger partial charge in [-0.05, 0) is 42.8 Å². The molecule has 0 aliphatic heterocycles. The normalized spacial score (nSPS) is 10.5.